The van der Waals surface area contributed by atoms with Gasteiger partial charge >= 0.3 is 0 Å². The molecule has 0 aliphatic heterocycles. The smallest absolute Gasteiger partial charge is 0.227 e. The zero-order chi connectivity index (χ0) is 14.3. The highest BCUT2D eigenvalue weighted by Gasteiger charge is 2.29. The fraction of sp³-hybridized carbons (Fsp3) is 0.286. The van der Waals surface area contributed by atoms with Crippen LogP contribution in [0.3, 0.4) is 0 Å². The molecule has 0 unspecified atom stereocenters. The van der Waals surface area contributed by atoms with Gasteiger partial charge in [-0.15, -0.1) is 0 Å². The Balaban J connectivity index is 1.96. The van der Waals surface area contributed by atoms with Crippen LogP contribution in [0.2, 0.25) is 5.02 Å². The Morgan fingerprint density at radius 3 is 2.85 bits per heavy atom. The Morgan fingerprint density at radius 2 is 2.25 bits per heavy atom. The number of nitrogens with one attached hydrogen (secondary N) is 1. The molecule has 1 aliphatic carbocycles. The van der Waals surface area contributed by atoms with Crippen LogP contribution in [0.1, 0.15) is 12.8 Å². The molecule has 2 aromatic rings. The second-order valence-corrected chi connectivity index (χ2v) is 5.37. The summed E-state index contributed by atoms with van der Waals surface area (Å²) in [4.78, 5) is 11.8. The van der Waals surface area contributed by atoms with E-state index in [1.165, 1.54) is 6.20 Å². The van der Waals surface area contributed by atoms with Gasteiger partial charge in [0.25, 0.3) is 0 Å². The standard InChI is InChI=1S/C14H14ClN3O2/c1-18-13(11(15)7-16-18)10-6-9(4-5-12(10)19)17-14(20)8-2-3-8/h4-8,19H,2-3H2,1H3,(H,17,20). The number of halogens is 1. The number of carbonyl (C=O) groups excluding carboxylic acids is 1. The molecular weight excluding hydrogens is 278 g/mol. The number of phenolic OH excluding ortho intramolecular Hbond substituents is 1. The third-order valence-corrected chi connectivity index (χ3v) is 3.64. The van der Waals surface area contributed by atoms with E-state index in [0.29, 0.717) is 22.0 Å². The Hall–Kier alpha value is -2.01. The van der Waals surface area contributed by atoms with Gasteiger partial charge in [-0.05, 0) is 31.0 Å². The lowest BCUT2D eigenvalue weighted by atomic mass is 10.1. The maximum absolute atomic E-state index is 11.8. The van der Waals surface area contributed by atoms with Crippen LogP contribution in [-0.2, 0) is 11.8 Å². The molecule has 3 rings (SSSR count). The normalized spacial score (nSPS) is 14.3. The number of phenols is 1. The molecule has 0 radical (unpaired) electrons. The topological polar surface area (TPSA) is 67.2 Å². The predicted molar refractivity (Wildman–Crippen MR) is 76.7 cm³/mol. The van der Waals surface area contributed by atoms with Crippen molar-refractivity contribution >= 4 is 23.2 Å². The van der Waals surface area contributed by atoms with Crippen LogP contribution in [0.25, 0.3) is 11.3 Å². The third-order valence-electron chi connectivity index (χ3n) is 3.36. The predicted octanol–water partition coefficient (Wildman–Crippen LogP) is 2.79. The SMILES string of the molecule is Cn1ncc(Cl)c1-c1cc(NC(=O)C2CC2)ccc1O. The first-order valence-electron chi connectivity index (χ1n) is 6.38. The Labute approximate surface area is 121 Å². The van der Waals surface area contributed by atoms with Crippen molar-refractivity contribution in [1.29, 1.82) is 0 Å². The van der Waals surface area contributed by atoms with Crippen molar-refractivity contribution in [2.45, 2.75) is 12.8 Å². The van der Waals surface area contributed by atoms with Crippen molar-refractivity contribution < 1.29 is 9.90 Å². The quantitative estimate of drug-likeness (QED) is 0.855. The summed E-state index contributed by atoms with van der Waals surface area (Å²) in [5.41, 5.74) is 1.81. The molecule has 20 heavy (non-hydrogen) atoms. The van der Waals surface area contributed by atoms with Gasteiger partial charge < -0.3 is 10.4 Å². The largest absolute Gasteiger partial charge is 0.507 e. The minimum Gasteiger partial charge on any atom is -0.507 e. The van der Waals surface area contributed by atoms with E-state index in [2.05, 4.69) is 10.4 Å². The monoisotopic (exact) mass is 291 g/mol. The summed E-state index contributed by atoms with van der Waals surface area (Å²) >= 11 is 6.09. The number of aryl methyl sites for hydroxylation is 1. The number of amides is 1. The molecule has 0 saturated heterocycles. The van der Waals surface area contributed by atoms with Crippen LogP contribution < -0.4 is 5.32 Å². The van der Waals surface area contributed by atoms with Crippen molar-refractivity contribution in [3.05, 3.63) is 29.4 Å². The summed E-state index contributed by atoms with van der Waals surface area (Å²) in [7, 11) is 1.75. The summed E-state index contributed by atoms with van der Waals surface area (Å²) in [5.74, 6) is 0.255. The molecule has 1 heterocycles. The number of hydrogen-bond donors (Lipinski definition) is 2. The maximum atomic E-state index is 11.8. The summed E-state index contributed by atoms with van der Waals surface area (Å²) in [6, 6.07) is 4.92. The van der Waals surface area contributed by atoms with Crippen molar-refractivity contribution in [3.63, 3.8) is 0 Å². The molecule has 6 heteroatoms. The molecule has 1 fully saturated rings. The molecule has 104 valence electrons. The van der Waals surface area contributed by atoms with Gasteiger partial charge in [-0.1, -0.05) is 11.6 Å². The van der Waals surface area contributed by atoms with Gasteiger partial charge in [0.05, 0.1) is 16.9 Å². The fourth-order valence-electron chi connectivity index (χ4n) is 2.11. The van der Waals surface area contributed by atoms with Crippen molar-refractivity contribution in [2.24, 2.45) is 13.0 Å². The number of hydrogen-bond acceptors (Lipinski definition) is 3. The number of rotatable bonds is 3. The zero-order valence-electron chi connectivity index (χ0n) is 10.9. The highest BCUT2D eigenvalue weighted by atomic mass is 35.5. The van der Waals surface area contributed by atoms with E-state index >= 15 is 0 Å². The second kappa shape index (κ2) is 4.83. The number of anilines is 1. The minimum absolute atomic E-state index is 0.0257. The summed E-state index contributed by atoms with van der Waals surface area (Å²) in [5, 5.41) is 17.3. The van der Waals surface area contributed by atoms with E-state index in [4.69, 9.17) is 11.6 Å². The Morgan fingerprint density at radius 1 is 1.50 bits per heavy atom. The molecule has 1 amide bonds. The maximum Gasteiger partial charge on any atom is 0.227 e. The number of carbonyl (C=O) groups is 1. The second-order valence-electron chi connectivity index (χ2n) is 4.96. The van der Waals surface area contributed by atoms with Crippen molar-refractivity contribution in [1.82, 2.24) is 9.78 Å². The molecule has 1 saturated carbocycles. The van der Waals surface area contributed by atoms with Gasteiger partial charge in [0.1, 0.15) is 5.75 Å². The number of aromatic hydroxyl groups is 1. The Bertz CT molecular complexity index is 658. The molecule has 5 nitrogen and oxygen atoms in total. The van der Waals surface area contributed by atoms with Crippen LogP contribution in [0, 0.1) is 5.92 Å². The average molecular weight is 292 g/mol. The van der Waals surface area contributed by atoms with Gasteiger partial charge in [-0.25, -0.2) is 0 Å². The van der Waals surface area contributed by atoms with Crippen LogP contribution in [-0.4, -0.2) is 20.8 Å². The number of aromatic nitrogens is 2. The third kappa shape index (κ3) is 2.36. The summed E-state index contributed by atoms with van der Waals surface area (Å²) < 4.78 is 1.59. The molecule has 2 N–H and O–H groups in total. The van der Waals surface area contributed by atoms with E-state index in [-0.39, 0.29) is 17.6 Å². The van der Waals surface area contributed by atoms with Gasteiger partial charge in [0.15, 0.2) is 0 Å². The van der Waals surface area contributed by atoms with E-state index in [1.807, 2.05) is 0 Å². The van der Waals surface area contributed by atoms with E-state index < -0.39 is 0 Å². The van der Waals surface area contributed by atoms with Crippen LogP contribution >= 0.6 is 11.6 Å². The highest BCUT2D eigenvalue weighted by Crippen LogP contribution is 2.36. The molecule has 1 aromatic heterocycles. The van der Waals surface area contributed by atoms with Crippen LogP contribution in [0.15, 0.2) is 24.4 Å². The van der Waals surface area contributed by atoms with Crippen molar-refractivity contribution in [3.8, 4) is 17.0 Å². The lowest BCUT2D eigenvalue weighted by molar-refractivity contribution is -0.117. The highest BCUT2D eigenvalue weighted by molar-refractivity contribution is 6.33. The van der Waals surface area contributed by atoms with Crippen LogP contribution in [0.5, 0.6) is 5.75 Å². The molecule has 0 atom stereocenters. The first-order valence-corrected chi connectivity index (χ1v) is 6.76. The fourth-order valence-corrected chi connectivity index (χ4v) is 2.37. The van der Waals surface area contributed by atoms with Gasteiger partial charge in [0.2, 0.25) is 5.91 Å². The Kier molecular flexibility index (Phi) is 3.14. The zero-order valence-corrected chi connectivity index (χ0v) is 11.7. The first kappa shape index (κ1) is 13.0. The van der Waals surface area contributed by atoms with Crippen molar-refractivity contribution in [2.75, 3.05) is 5.32 Å². The molecular formula is C14H14ClN3O2. The number of benzene rings is 1. The van der Waals surface area contributed by atoms with Gasteiger partial charge in [-0.3, -0.25) is 9.48 Å². The molecule has 1 aromatic carbocycles. The average Bonchev–Trinajstić information content (AvgIpc) is 3.20. The molecule has 0 spiro atoms. The lowest BCUT2D eigenvalue weighted by Crippen LogP contribution is -2.13. The molecule has 0 bridgehead atoms. The van der Waals surface area contributed by atoms with Gasteiger partial charge in [-0.2, -0.15) is 5.10 Å². The van der Waals surface area contributed by atoms with Gasteiger partial charge in [0, 0.05) is 24.2 Å². The lowest BCUT2D eigenvalue weighted by Gasteiger charge is -2.10. The van der Waals surface area contributed by atoms with E-state index in [0.717, 1.165) is 12.8 Å². The summed E-state index contributed by atoms with van der Waals surface area (Å²) in [6.07, 6.45) is 3.42. The number of nitrogens with zero attached hydrogens (tertiary/aromatic N) is 2. The van der Waals surface area contributed by atoms with E-state index in [1.54, 1.807) is 29.9 Å². The van der Waals surface area contributed by atoms with Crippen LogP contribution in [0.4, 0.5) is 5.69 Å². The first-order chi connectivity index (χ1) is 9.56. The minimum atomic E-state index is 0.0257. The van der Waals surface area contributed by atoms with E-state index in [9.17, 15) is 9.90 Å². The summed E-state index contributed by atoms with van der Waals surface area (Å²) in [6.45, 7) is 0. The molecule has 1 aliphatic rings.